The molecule has 2 N–H and O–H groups in total. The molecule has 0 aliphatic rings. The van der Waals surface area contributed by atoms with Crippen molar-refractivity contribution in [2.75, 3.05) is 13.2 Å². The van der Waals surface area contributed by atoms with Crippen LogP contribution < -0.4 is 10.5 Å². The van der Waals surface area contributed by atoms with Crippen molar-refractivity contribution in [2.24, 2.45) is 5.73 Å². The van der Waals surface area contributed by atoms with Crippen LogP contribution in [-0.2, 0) is 6.42 Å². The minimum Gasteiger partial charge on any atom is -0.494 e. The molecule has 5 nitrogen and oxygen atoms in total. The maximum Gasteiger partial charge on any atom is 0.163 e. The maximum absolute atomic E-state index is 5.54. The first-order valence-corrected chi connectivity index (χ1v) is 6.37. The first kappa shape index (κ1) is 13.4. The molecule has 100 valence electrons. The summed E-state index contributed by atoms with van der Waals surface area (Å²) in [5, 5.41) is 0. The predicted molar refractivity (Wildman–Crippen MR) is 73.9 cm³/mol. The molecule has 0 radical (unpaired) electrons. The average Bonchev–Trinajstić information content (AvgIpc) is 2.40. The Balaban J connectivity index is 2.29. The van der Waals surface area contributed by atoms with E-state index in [1.165, 1.54) is 0 Å². The number of aromatic nitrogens is 3. The van der Waals surface area contributed by atoms with Gasteiger partial charge in [0, 0.05) is 12.0 Å². The van der Waals surface area contributed by atoms with Gasteiger partial charge in [-0.3, -0.25) is 0 Å². The van der Waals surface area contributed by atoms with E-state index >= 15 is 0 Å². The van der Waals surface area contributed by atoms with Crippen molar-refractivity contribution in [3.63, 3.8) is 0 Å². The summed E-state index contributed by atoms with van der Waals surface area (Å²) >= 11 is 0. The van der Waals surface area contributed by atoms with E-state index < -0.39 is 0 Å². The summed E-state index contributed by atoms with van der Waals surface area (Å²) in [6.45, 7) is 5.01. The molecule has 1 heterocycles. The fourth-order valence-electron chi connectivity index (χ4n) is 1.77. The number of hydrogen-bond acceptors (Lipinski definition) is 5. The quantitative estimate of drug-likeness (QED) is 0.884. The van der Waals surface area contributed by atoms with Crippen molar-refractivity contribution in [3.05, 3.63) is 35.9 Å². The molecule has 1 aromatic heterocycles. The Morgan fingerprint density at radius 3 is 2.47 bits per heavy atom. The standard InChI is InChI=1S/C14H18N4O/c1-3-19-12-6-4-11(5-7-12)14-17-10(2)16-13(18-14)8-9-15/h4-7H,3,8-9,15H2,1-2H3. The minimum atomic E-state index is 0.534. The zero-order valence-corrected chi connectivity index (χ0v) is 11.3. The molecule has 2 aromatic rings. The molecule has 0 fully saturated rings. The van der Waals surface area contributed by atoms with Gasteiger partial charge in [0.05, 0.1) is 6.61 Å². The van der Waals surface area contributed by atoms with E-state index in [0.717, 1.165) is 17.1 Å². The van der Waals surface area contributed by atoms with Crippen molar-refractivity contribution in [1.82, 2.24) is 15.0 Å². The molecule has 0 aliphatic heterocycles. The van der Waals surface area contributed by atoms with Gasteiger partial charge < -0.3 is 10.5 Å². The summed E-state index contributed by atoms with van der Waals surface area (Å²) in [6.07, 6.45) is 0.660. The first-order valence-electron chi connectivity index (χ1n) is 6.37. The molecule has 1 aromatic carbocycles. The third-order valence-electron chi connectivity index (χ3n) is 2.58. The van der Waals surface area contributed by atoms with E-state index in [0.29, 0.717) is 31.2 Å². The van der Waals surface area contributed by atoms with Crippen LogP contribution in [0.15, 0.2) is 24.3 Å². The van der Waals surface area contributed by atoms with Gasteiger partial charge in [0.1, 0.15) is 17.4 Å². The van der Waals surface area contributed by atoms with E-state index in [-0.39, 0.29) is 0 Å². The second-order valence-corrected chi connectivity index (χ2v) is 4.12. The maximum atomic E-state index is 5.54. The average molecular weight is 258 g/mol. The Labute approximate surface area is 112 Å². The lowest BCUT2D eigenvalue weighted by Crippen LogP contribution is -2.09. The fraction of sp³-hybridized carbons (Fsp3) is 0.357. The van der Waals surface area contributed by atoms with Gasteiger partial charge in [0.25, 0.3) is 0 Å². The van der Waals surface area contributed by atoms with Gasteiger partial charge in [-0.25, -0.2) is 15.0 Å². The highest BCUT2D eigenvalue weighted by atomic mass is 16.5. The Hall–Kier alpha value is -2.01. The molecular formula is C14H18N4O. The number of nitrogens with zero attached hydrogens (tertiary/aromatic N) is 3. The van der Waals surface area contributed by atoms with Gasteiger partial charge in [-0.1, -0.05) is 0 Å². The van der Waals surface area contributed by atoms with Gasteiger partial charge in [0.15, 0.2) is 5.82 Å². The van der Waals surface area contributed by atoms with Gasteiger partial charge >= 0.3 is 0 Å². The van der Waals surface area contributed by atoms with Crippen LogP contribution in [0, 0.1) is 6.92 Å². The van der Waals surface area contributed by atoms with E-state index in [1.807, 2.05) is 38.1 Å². The number of nitrogens with two attached hydrogens (primary N) is 1. The van der Waals surface area contributed by atoms with Crippen LogP contribution in [0.5, 0.6) is 5.75 Å². The van der Waals surface area contributed by atoms with Crippen LogP contribution in [0.3, 0.4) is 0 Å². The molecular weight excluding hydrogens is 240 g/mol. The SMILES string of the molecule is CCOc1ccc(-c2nc(C)nc(CCN)n2)cc1. The second-order valence-electron chi connectivity index (χ2n) is 4.12. The Morgan fingerprint density at radius 2 is 1.84 bits per heavy atom. The van der Waals surface area contributed by atoms with Crippen LogP contribution >= 0.6 is 0 Å². The van der Waals surface area contributed by atoms with Crippen LogP contribution in [0.1, 0.15) is 18.6 Å². The molecule has 0 saturated carbocycles. The third kappa shape index (κ3) is 3.48. The molecule has 0 atom stereocenters. The summed E-state index contributed by atoms with van der Waals surface area (Å²) in [7, 11) is 0. The summed E-state index contributed by atoms with van der Waals surface area (Å²) in [4.78, 5) is 13.1. The number of ether oxygens (including phenoxy) is 1. The number of benzene rings is 1. The Kier molecular flexibility index (Phi) is 4.41. The summed E-state index contributed by atoms with van der Waals surface area (Å²) in [6, 6.07) is 7.74. The molecule has 0 saturated heterocycles. The van der Waals surface area contributed by atoms with E-state index in [2.05, 4.69) is 15.0 Å². The molecule has 19 heavy (non-hydrogen) atoms. The molecule has 0 bridgehead atoms. The number of hydrogen-bond donors (Lipinski definition) is 1. The van der Waals surface area contributed by atoms with Crippen molar-refractivity contribution in [3.8, 4) is 17.1 Å². The van der Waals surface area contributed by atoms with E-state index in [4.69, 9.17) is 10.5 Å². The lowest BCUT2D eigenvalue weighted by atomic mass is 10.2. The molecule has 0 amide bonds. The molecule has 0 unspecified atom stereocenters. The van der Waals surface area contributed by atoms with Gasteiger partial charge in [-0.05, 0) is 44.7 Å². The highest BCUT2D eigenvalue weighted by molar-refractivity contribution is 5.56. The minimum absolute atomic E-state index is 0.534. The van der Waals surface area contributed by atoms with Gasteiger partial charge in [-0.2, -0.15) is 0 Å². The molecule has 0 aliphatic carbocycles. The smallest absolute Gasteiger partial charge is 0.163 e. The second kappa shape index (κ2) is 6.24. The predicted octanol–water partition coefficient (Wildman–Crippen LogP) is 1.75. The van der Waals surface area contributed by atoms with Crippen LogP contribution in [0.25, 0.3) is 11.4 Å². The van der Waals surface area contributed by atoms with E-state index in [1.54, 1.807) is 0 Å². The number of aryl methyl sites for hydroxylation is 1. The van der Waals surface area contributed by atoms with Gasteiger partial charge in [0.2, 0.25) is 0 Å². The lowest BCUT2D eigenvalue weighted by molar-refractivity contribution is 0.340. The zero-order chi connectivity index (χ0) is 13.7. The molecule has 5 heteroatoms. The summed E-state index contributed by atoms with van der Waals surface area (Å²) in [5.41, 5.74) is 6.49. The summed E-state index contributed by atoms with van der Waals surface area (Å²) in [5.74, 6) is 2.97. The first-order chi connectivity index (χ1) is 9.22. The van der Waals surface area contributed by atoms with Crippen molar-refractivity contribution < 1.29 is 4.74 Å². The Morgan fingerprint density at radius 1 is 1.11 bits per heavy atom. The van der Waals surface area contributed by atoms with Crippen molar-refractivity contribution in [1.29, 1.82) is 0 Å². The summed E-state index contributed by atoms with van der Waals surface area (Å²) < 4.78 is 5.41. The molecule has 0 spiro atoms. The van der Waals surface area contributed by atoms with E-state index in [9.17, 15) is 0 Å². The Bertz CT molecular complexity index is 540. The van der Waals surface area contributed by atoms with Crippen LogP contribution in [0.4, 0.5) is 0 Å². The monoisotopic (exact) mass is 258 g/mol. The topological polar surface area (TPSA) is 73.9 Å². The normalized spacial score (nSPS) is 10.5. The highest BCUT2D eigenvalue weighted by Gasteiger charge is 2.06. The van der Waals surface area contributed by atoms with Crippen molar-refractivity contribution >= 4 is 0 Å². The fourth-order valence-corrected chi connectivity index (χ4v) is 1.77. The lowest BCUT2D eigenvalue weighted by Gasteiger charge is -2.06. The third-order valence-corrected chi connectivity index (χ3v) is 2.58. The van der Waals surface area contributed by atoms with Crippen molar-refractivity contribution in [2.45, 2.75) is 20.3 Å². The largest absolute Gasteiger partial charge is 0.494 e. The van der Waals surface area contributed by atoms with Gasteiger partial charge in [-0.15, -0.1) is 0 Å². The zero-order valence-electron chi connectivity index (χ0n) is 11.3. The van der Waals surface area contributed by atoms with Crippen LogP contribution in [-0.4, -0.2) is 28.1 Å². The number of rotatable bonds is 5. The molecule has 2 rings (SSSR count). The highest BCUT2D eigenvalue weighted by Crippen LogP contribution is 2.19. The van der Waals surface area contributed by atoms with Crippen LogP contribution in [0.2, 0.25) is 0 Å².